The monoisotopic (exact) mass is 343 g/mol. The summed E-state index contributed by atoms with van der Waals surface area (Å²) in [5.74, 6) is 0.641. The third kappa shape index (κ3) is 3.83. The molecule has 5 heteroatoms. The van der Waals surface area contributed by atoms with Crippen LogP contribution >= 0.6 is 34.8 Å². The van der Waals surface area contributed by atoms with Gasteiger partial charge < -0.3 is 10.1 Å². The molecule has 0 heterocycles. The molecule has 112 valence electrons. The highest BCUT2D eigenvalue weighted by Gasteiger charge is 2.17. The summed E-state index contributed by atoms with van der Waals surface area (Å²) < 4.78 is 5.29. The van der Waals surface area contributed by atoms with Crippen molar-refractivity contribution in [1.29, 1.82) is 0 Å². The molecule has 0 aliphatic rings. The standard InChI is InChI=1S/C16H16Cl3NO/c1-3-20-16(12-6-5-11(17)9-14(12)19)10-4-7-13(18)15(8-10)21-2/h4-9,16,20H,3H2,1-2H3. The van der Waals surface area contributed by atoms with E-state index >= 15 is 0 Å². The molecule has 1 atom stereocenters. The van der Waals surface area contributed by atoms with Crippen LogP contribution in [0.25, 0.3) is 0 Å². The third-order valence-corrected chi connectivity index (χ3v) is 4.06. The van der Waals surface area contributed by atoms with Crippen LogP contribution in [0.15, 0.2) is 36.4 Å². The van der Waals surface area contributed by atoms with Crippen molar-refractivity contribution in [1.82, 2.24) is 5.32 Å². The maximum Gasteiger partial charge on any atom is 0.137 e. The number of benzene rings is 2. The second-order valence-corrected chi connectivity index (χ2v) is 5.80. The van der Waals surface area contributed by atoms with Crippen molar-refractivity contribution < 1.29 is 4.74 Å². The van der Waals surface area contributed by atoms with Crippen LogP contribution in [0.5, 0.6) is 5.75 Å². The number of hydrogen-bond donors (Lipinski definition) is 1. The summed E-state index contributed by atoms with van der Waals surface area (Å²) in [7, 11) is 1.60. The average molecular weight is 345 g/mol. The molecule has 0 radical (unpaired) electrons. The molecule has 2 rings (SSSR count). The number of halogens is 3. The summed E-state index contributed by atoms with van der Waals surface area (Å²) in [6.07, 6.45) is 0. The number of nitrogens with one attached hydrogen (secondary N) is 1. The Labute approximate surface area is 140 Å². The van der Waals surface area contributed by atoms with Crippen molar-refractivity contribution in [2.75, 3.05) is 13.7 Å². The van der Waals surface area contributed by atoms with Gasteiger partial charge in [0.05, 0.1) is 18.2 Å². The normalized spacial score (nSPS) is 12.2. The van der Waals surface area contributed by atoms with Crippen LogP contribution in [0, 0.1) is 0 Å². The first-order valence-corrected chi connectivity index (χ1v) is 7.72. The lowest BCUT2D eigenvalue weighted by molar-refractivity contribution is 0.414. The fourth-order valence-corrected chi connectivity index (χ4v) is 2.92. The second kappa shape index (κ2) is 7.37. The molecule has 2 aromatic rings. The van der Waals surface area contributed by atoms with Crippen LogP contribution in [-0.2, 0) is 0 Å². The predicted molar refractivity (Wildman–Crippen MR) is 90.0 cm³/mol. The first-order valence-electron chi connectivity index (χ1n) is 6.58. The molecule has 0 saturated heterocycles. The third-order valence-electron chi connectivity index (χ3n) is 3.19. The zero-order valence-corrected chi connectivity index (χ0v) is 14.1. The van der Waals surface area contributed by atoms with Crippen molar-refractivity contribution >= 4 is 34.8 Å². The molecule has 0 aliphatic heterocycles. The lowest BCUT2D eigenvalue weighted by Gasteiger charge is -2.21. The van der Waals surface area contributed by atoms with Gasteiger partial charge in [0.2, 0.25) is 0 Å². The summed E-state index contributed by atoms with van der Waals surface area (Å²) in [6, 6.07) is 11.2. The van der Waals surface area contributed by atoms with E-state index in [4.69, 9.17) is 39.5 Å². The molecule has 1 unspecified atom stereocenters. The molecule has 0 amide bonds. The van der Waals surface area contributed by atoms with Gasteiger partial charge in [-0.15, -0.1) is 0 Å². The lowest BCUT2D eigenvalue weighted by atomic mass is 9.98. The van der Waals surface area contributed by atoms with Crippen LogP contribution in [0.1, 0.15) is 24.1 Å². The SMILES string of the molecule is CCNC(c1ccc(Cl)c(OC)c1)c1ccc(Cl)cc1Cl. The molecule has 2 aromatic carbocycles. The van der Waals surface area contributed by atoms with Crippen molar-refractivity contribution in [2.45, 2.75) is 13.0 Å². The number of rotatable bonds is 5. The Morgan fingerprint density at radius 2 is 1.81 bits per heavy atom. The quantitative estimate of drug-likeness (QED) is 0.789. The summed E-state index contributed by atoms with van der Waals surface area (Å²) >= 11 is 18.4. The van der Waals surface area contributed by atoms with E-state index in [0.29, 0.717) is 20.8 Å². The highest BCUT2D eigenvalue weighted by Crippen LogP contribution is 2.34. The second-order valence-electron chi connectivity index (χ2n) is 4.55. The smallest absolute Gasteiger partial charge is 0.137 e. The molecule has 0 bridgehead atoms. The molecule has 0 fully saturated rings. The number of methoxy groups -OCH3 is 1. The van der Waals surface area contributed by atoms with Gasteiger partial charge in [-0.25, -0.2) is 0 Å². The number of ether oxygens (including phenoxy) is 1. The van der Waals surface area contributed by atoms with Gasteiger partial charge in [-0.05, 0) is 41.9 Å². The molecule has 0 saturated carbocycles. The maximum absolute atomic E-state index is 6.33. The Kier molecular flexibility index (Phi) is 5.77. The molecule has 0 spiro atoms. The minimum absolute atomic E-state index is 0.0501. The molecule has 21 heavy (non-hydrogen) atoms. The predicted octanol–water partition coefficient (Wildman–Crippen LogP) is 5.35. The van der Waals surface area contributed by atoms with Crippen LogP contribution in [0.2, 0.25) is 15.1 Å². The molecule has 0 aliphatic carbocycles. The van der Waals surface area contributed by atoms with E-state index in [0.717, 1.165) is 17.7 Å². The molecule has 2 nitrogen and oxygen atoms in total. The Bertz CT molecular complexity index is 631. The van der Waals surface area contributed by atoms with Crippen molar-refractivity contribution in [3.05, 3.63) is 62.6 Å². The largest absolute Gasteiger partial charge is 0.495 e. The van der Waals surface area contributed by atoms with E-state index in [-0.39, 0.29) is 6.04 Å². The topological polar surface area (TPSA) is 21.3 Å². The van der Waals surface area contributed by atoms with Gasteiger partial charge in [0.25, 0.3) is 0 Å². The van der Waals surface area contributed by atoms with Gasteiger partial charge in [0.15, 0.2) is 0 Å². The number of hydrogen-bond acceptors (Lipinski definition) is 2. The Morgan fingerprint density at radius 3 is 2.43 bits per heavy atom. The van der Waals surface area contributed by atoms with Gasteiger partial charge in [-0.3, -0.25) is 0 Å². The van der Waals surface area contributed by atoms with E-state index < -0.39 is 0 Å². The Hall–Kier alpha value is -0.930. The first kappa shape index (κ1) is 16.4. The van der Waals surface area contributed by atoms with E-state index in [1.165, 1.54) is 0 Å². The van der Waals surface area contributed by atoms with Crippen molar-refractivity contribution in [3.8, 4) is 5.75 Å². The Morgan fingerprint density at radius 1 is 1.05 bits per heavy atom. The summed E-state index contributed by atoms with van der Waals surface area (Å²) in [5, 5.41) is 5.25. The van der Waals surface area contributed by atoms with Crippen LogP contribution in [0.4, 0.5) is 0 Å². The minimum atomic E-state index is -0.0501. The van der Waals surface area contributed by atoms with Gasteiger partial charge in [-0.1, -0.05) is 53.9 Å². The maximum atomic E-state index is 6.33. The minimum Gasteiger partial charge on any atom is -0.495 e. The van der Waals surface area contributed by atoms with Gasteiger partial charge in [0.1, 0.15) is 5.75 Å². The molecular weight excluding hydrogens is 329 g/mol. The summed E-state index contributed by atoms with van der Waals surface area (Å²) in [4.78, 5) is 0. The van der Waals surface area contributed by atoms with E-state index in [1.807, 2.05) is 37.3 Å². The van der Waals surface area contributed by atoms with Gasteiger partial charge >= 0.3 is 0 Å². The van der Waals surface area contributed by atoms with Crippen molar-refractivity contribution in [2.24, 2.45) is 0 Å². The van der Waals surface area contributed by atoms with Crippen LogP contribution in [-0.4, -0.2) is 13.7 Å². The van der Waals surface area contributed by atoms with Crippen LogP contribution < -0.4 is 10.1 Å². The van der Waals surface area contributed by atoms with Gasteiger partial charge in [-0.2, -0.15) is 0 Å². The summed E-state index contributed by atoms with van der Waals surface area (Å²) in [5.41, 5.74) is 2.00. The highest BCUT2D eigenvalue weighted by molar-refractivity contribution is 6.35. The first-order chi connectivity index (χ1) is 10.1. The van der Waals surface area contributed by atoms with Crippen molar-refractivity contribution in [3.63, 3.8) is 0 Å². The van der Waals surface area contributed by atoms with Gasteiger partial charge in [0, 0.05) is 10.0 Å². The Balaban J connectivity index is 2.47. The highest BCUT2D eigenvalue weighted by atomic mass is 35.5. The van der Waals surface area contributed by atoms with E-state index in [1.54, 1.807) is 13.2 Å². The summed E-state index contributed by atoms with van der Waals surface area (Å²) in [6.45, 7) is 2.85. The fraction of sp³-hybridized carbons (Fsp3) is 0.250. The fourth-order valence-electron chi connectivity index (χ4n) is 2.20. The van der Waals surface area contributed by atoms with E-state index in [2.05, 4.69) is 5.32 Å². The zero-order chi connectivity index (χ0) is 15.4. The van der Waals surface area contributed by atoms with Crippen LogP contribution in [0.3, 0.4) is 0 Å². The molecule has 1 N–H and O–H groups in total. The zero-order valence-electron chi connectivity index (χ0n) is 11.8. The average Bonchev–Trinajstić information content (AvgIpc) is 2.46. The van der Waals surface area contributed by atoms with E-state index in [9.17, 15) is 0 Å². The molecule has 0 aromatic heterocycles. The lowest BCUT2D eigenvalue weighted by Crippen LogP contribution is -2.22. The molecular formula is C16H16Cl3NO.